The first kappa shape index (κ1) is 17.8. The molecule has 1 aliphatic heterocycles. The van der Waals surface area contributed by atoms with Gasteiger partial charge in [-0.3, -0.25) is 9.48 Å². The zero-order chi connectivity index (χ0) is 19.6. The fourth-order valence-electron chi connectivity index (χ4n) is 4.27. The van der Waals surface area contributed by atoms with Gasteiger partial charge in [0.25, 0.3) is 5.91 Å². The Labute approximate surface area is 169 Å². The molecule has 0 saturated heterocycles. The van der Waals surface area contributed by atoms with E-state index >= 15 is 0 Å². The molecule has 2 aromatic heterocycles. The number of benzene rings is 1. The van der Waals surface area contributed by atoms with Crippen LogP contribution < -0.4 is 10.1 Å². The van der Waals surface area contributed by atoms with E-state index in [1.165, 1.54) is 0 Å². The summed E-state index contributed by atoms with van der Waals surface area (Å²) in [5.41, 5.74) is 3.66. The van der Waals surface area contributed by atoms with Crippen LogP contribution in [0.25, 0.3) is 11.3 Å². The second kappa shape index (κ2) is 7.66. The van der Waals surface area contributed by atoms with Crippen molar-refractivity contribution >= 4 is 5.91 Å². The van der Waals surface area contributed by atoms with E-state index in [1.807, 2.05) is 35.1 Å². The number of aromatic nitrogens is 4. The number of para-hydroxylation sites is 1. The summed E-state index contributed by atoms with van der Waals surface area (Å²) in [5, 5.41) is 7.74. The lowest BCUT2D eigenvalue weighted by atomic mass is 9.91. The van der Waals surface area contributed by atoms with Crippen LogP contribution in [0.5, 0.6) is 5.75 Å². The molecule has 2 aliphatic rings. The maximum absolute atomic E-state index is 12.8. The van der Waals surface area contributed by atoms with Crippen molar-refractivity contribution in [3.8, 4) is 17.0 Å². The highest BCUT2D eigenvalue weighted by Gasteiger charge is 2.26. The van der Waals surface area contributed by atoms with Gasteiger partial charge in [-0.25, -0.2) is 9.97 Å². The molecule has 0 spiro atoms. The van der Waals surface area contributed by atoms with Crippen LogP contribution >= 0.6 is 0 Å². The molecule has 0 unspecified atom stereocenters. The van der Waals surface area contributed by atoms with Gasteiger partial charge >= 0.3 is 0 Å². The van der Waals surface area contributed by atoms with Gasteiger partial charge in [-0.05, 0) is 43.4 Å². The first-order valence-electron chi connectivity index (χ1n) is 10.1. The van der Waals surface area contributed by atoms with Crippen molar-refractivity contribution in [1.29, 1.82) is 0 Å². The van der Waals surface area contributed by atoms with E-state index in [4.69, 9.17) is 4.74 Å². The van der Waals surface area contributed by atoms with Crippen LogP contribution in [0.2, 0.25) is 0 Å². The number of carbonyl (C=O) groups is 1. The number of carbonyl (C=O) groups excluding carboxylic acids is 1. The third kappa shape index (κ3) is 3.60. The lowest BCUT2D eigenvalue weighted by Crippen LogP contribution is -2.38. The van der Waals surface area contributed by atoms with Crippen LogP contribution in [-0.4, -0.2) is 38.3 Å². The molecule has 1 saturated carbocycles. The number of amides is 1. The summed E-state index contributed by atoms with van der Waals surface area (Å²) in [6.07, 6.45) is 11.9. The molecule has 3 aromatic rings. The highest BCUT2D eigenvalue weighted by Crippen LogP contribution is 2.32. The number of hydrogen-bond donors (Lipinski definition) is 1. The zero-order valence-electron chi connectivity index (χ0n) is 16.1. The minimum absolute atomic E-state index is 0.0302. The van der Waals surface area contributed by atoms with Crippen LogP contribution in [0.4, 0.5) is 0 Å². The molecule has 3 heterocycles. The van der Waals surface area contributed by atoms with E-state index in [0.29, 0.717) is 18.2 Å². The molecule has 148 valence electrons. The topological polar surface area (TPSA) is 81.9 Å². The Bertz CT molecular complexity index is 1010. The largest absolute Gasteiger partial charge is 0.492 e. The molecule has 0 bridgehead atoms. The van der Waals surface area contributed by atoms with E-state index in [9.17, 15) is 4.79 Å². The summed E-state index contributed by atoms with van der Waals surface area (Å²) in [7, 11) is 0. The molecule has 29 heavy (non-hydrogen) atoms. The number of nitrogens with one attached hydrogen (secondary N) is 1. The first-order chi connectivity index (χ1) is 14.3. The van der Waals surface area contributed by atoms with Gasteiger partial charge in [0.2, 0.25) is 0 Å². The number of fused-ring (bicyclic) bond motifs is 1. The number of rotatable bonds is 4. The number of ether oxygens (including phenoxy) is 1. The minimum Gasteiger partial charge on any atom is -0.492 e. The summed E-state index contributed by atoms with van der Waals surface area (Å²) < 4.78 is 7.71. The second-order valence-corrected chi connectivity index (χ2v) is 7.67. The normalized spacial score (nSPS) is 20.7. The fourth-order valence-corrected chi connectivity index (χ4v) is 4.27. The standard InChI is InChI=1S/C22H23N5O2/c28-22(19-3-1-2-15-9-11-29-21(15)19)26-17-4-6-18(7-5-17)27-13-16(12-25-27)20-8-10-23-14-24-20/h1-3,8,10,12-14,17-18H,4-7,9,11H2,(H,26,28). The van der Waals surface area contributed by atoms with Gasteiger partial charge in [0.15, 0.2) is 0 Å². The molecule has 1 N–H and O–H groups in total. The van der Waals surface area contributed by atoms with Gasteiger partial charge in [0, 0.05) is 30.4 Å². The van der Waals surface area contributed by atoms with Gasteiger partial charge in [0.1, 0.15) is 12.1 Å². The molecule has 1 fully saturated rings. The van der Waals surface area contributed by atoms with E-state index < -0.39 is 0 Å². The molecule has 5 rings (SSSR count). The minimum atomic E-state index is -0.0302. The van der Waals surface area contributed by atoms with Gasteiger partial charge in [-0.15, -0.1) is 0 Å². The Balaban J connectivity index is 1.20. The lowest BCUT2D eigenvalue weighted by Gasteiger charge is -2.29. The average molecular weight is 389 g/mol. The van der Waals surface area contributed by atoms with Crippen molar-refractivity contribution in [3.63, 3.8) is 0 Å². The maximum Gasteiger partial charge on any atom is 0.255 e. The van der Waals surface area contributed by atoms with Crippen molar-refractivity contribution in [2.24, 2.45) is 0 Å². The molecule has 0 atom stereocenters. The van der Waals surface area contributed by atoms with Crippen molar-refractivity contribution < 1.29 is 9.53 Å². The molecule has 1 amide bonds. The summed E-state index contributed by atoms with van der Waals surface area (Å²) >= 11 is 0. The highest BCUT2D eigenvalue weighted by atomic mass is 16.5. The molecular weight excluding hydrogens is 366 g/mol. The van der Waals surface area contributed by atoms with E-state index in [0.717, 1.165) is 54.7 Å². The molecule has 1 aromatic carbocycles. The first-order valence-corrected chi connectivity index (χ1v) is 10.1. The predicted octanol–water partition coefficient (Wildman–Crippen LogP) is 3.19. The van der Waals surface area contributed by atoms with Crippen LogP contribution in [0.3, 0.4) is 0 Å². The second-order valence-electron chi connectivity index (χ2n) is 7.67. The third-order valence-corrected chi connectivity index (χ3v) is 5.84. The van der Waals surface area contributed by atoms with Crippen molar-refractivity contribution in [3.05, 3.63) is 60.3 Å². The molecule has 7 nitrogen and oxygen atoms in total. The third-order valence-electron chi connectivity index (χ3n) is 5.84. The monoisotopic (exact) mass is 389 g/mol. The Morgan fingerprint density at radius 2 is 2.07 bits per heavy atom. The van der Waals surface area contributed by atoms with E-state index in [2.05, 4.69) is 26.6 Å². The summed E-state index contributed by atoms with van der Waals surface area (Å²) in [5.74, 6) is 0.727. The zero-order valence-corrected chi connectivity index (χ0v) is 16.1. The SMILES string of the molecule is O=C(NC1CCC(n2cc(-c3ccncn3)cn2)CC1)c1cccc2c1OCC2. The molecule has 7 heteroatoms. The number of hydrogen-bond acceptors (Lipinski definition) is 5. The number of nitrogens with zero attached hydrogens (tertiary/aromatic N) is 4. The fraction of sp³-hybridized carbons (Fsp3) is 0.364. The Hall–Kier alpha value is -3.22. The van der Waals surface area contributed by atoms with Crippen LogP contribution in [0, 0.1) is 0 Å². The average Bonchev–Trinajstić information content (AvgIpc) is 3.44. The van der Waals surface area contributed by atoms with Crippen LogP contribution in [0.15, 0.2) is 49.2 Å². The van der Waals surface area contributed by atoms with E-state index in [-0.39, 0.29) is 11.9 Å². The summed E-state index contributed by atoms with van der Waals surface area (Å²) in [4.78, 5) is 21.0. The summed E-state index contributed by atoms with van der Waals surface area (Å²) in [6.45, 7) is 0.658. The quantitative estimate of drug-likeness (QED) is 0.741. The Morgan fingerprint density at radius 1 is 1.17 bits per heavy atom. The van der Waals surface area contributed by atoms with Crippen LogP contribution in [0.1, 0.15) is 47.6 Å². The Kier molecular flexibility index (Phi) is 4.71. The van der Waals surface area contributed by atoms with Crippen LogP contribution in [-0.2, 0) is 6.42 Å². The van der Waals surface area contributed by atoms with Crippen molar-refractivity contribution in [2.75, 3.05) is 6.61 Å². The van der Waals surface area contributed by atoms with Gasteiger partial charge < -0.3 is 10.1 Å². The molecule has 0 radical (unpaired) electrons. The Morgan fingerprint density at radius 3 is 2.90 bits per heavy atom. The maximum atomic E-state index is 12.8. The summed E-state index contributed by atoms with van der Waals surface area (Å²) in [6, 6.07) is 8.24. The van der Waals surface area contributed by atoms with Gasteiger partial charge in [-0.1, -0.05) is 12.1 Å². The predicted molar refractivity (Wildman–Crippen MR) is 108 cm³/mol. The smallest absolute Gasteiger partial charge is 0.255 e. The van der Waals surface area contributed by atoms with E-state index in [1.54, 1.807) is 12.5 Å². The van der Waals surface area contributed by atoms with Crippen molar-refractivity contribution in [2.45, 2.75) is 44.2 Å². The molecule has 1 aliphatic carbocycles. The van der Waals surface area contributed by atoms with Gasteiger partial charge in [0.05, 0.1) is 30.1 Å². The lowest BCUT2D eigenvalue weighted by molar-refractivity contribution is 0.0918. The highest BCUT2D eigenvalue weighted by molar-refractivity contribution is 5.97. The molecular formula is C22H23N5O2. The van der Waals surface area contributed by atoms with Gasteiger partial charge in [-0.2, -0.15) is 5.10 Å². The van der Waals surface area contributed by atoms with Crippen molar-refractivity contribution in [1.82, 2.24) is 25.1 Å².